The van der Waals surface area contributed by atoms with Crippen LogP contribution >= 0.6 is 0 Å². The maximum atomic E-state index is 11.9. The van der Waals surface area contributed by atoms with Crippen molar-refractivity contribution in [2.24, 2.45) is 5.73 Å². The molecule has 0 aliphatic carbocycles. The van der Waals surface area contributed by atoms with Gasteiger partial charge in [-0.05, 0) is 54.3 Å². The molecule has 0 spiro atoms. The van der Waals surface area contributed by atoms with E-state index in [1.807, 2.05) is 24.3 Å². The number of nitrogens with zero attached hydrogens (tertiary/aromatic N) is 1. The van der Waals surface area contributed by atoms with E-state index in [1.54, 1.807) is 31.2 Å². The molecule has 138 valence electrons. The zero-order chi connectivity index (χ0) is 18.7. The smallest absolute Gasteiger partial charge is 0.248 e. The minimum atomic E-state index is -3.14. The minimum absolute atomic E-state index is 0.120. The number of primary amides is 1. The summed E-state index contributed by atoms with van der Waals surface area (Å²) in [7, 11) is -3.14. The Kier molecular flexibility index (Phi) is 5.44. The quantitative estimate of drug-likeness (QED) is 0.845. The third-order valence-electron chi connectivity index (χ3n) is 5.01. The van der Waals surface area contributed by atoms with E-state index in [-0.39, 0.29) is 5.75 Å². The molecule has 2 N–H and O–H groups in total. The first-order valence-corrected chi connectivity index (χ1v) is 10.5. The van der Waals surface area contributed by atoms with Crippen LogP contribution in [0.15, 0.2) is 53.4 Å². The summed E-state index contributed by atoms with van der Waals surface area (Å²) in [6.07, 6.45) is 1.07. The van der Waals surface area contributed by atoms with Gasteiger partial charge in [0, 0.05) is 18.7 Å². The molecule has 1 saturated heterocycles. The third-order valence-corrected chi connectivity index (χ3v) is 6.76. The molecule has 1 amide bonds. The highest BCUT2D eigenvalue weighted by molar-refractivity contribution is 7.91. The summed E-state index contributed by atoms with van der Waals surface area (Å²) >= 11 is 0. The topological polar surface area (TPSA) is 80.5 Å². The highest BCUT2D eigenvalue weighted by Crippen LogP contribution is 2.28. The second-order valence-electron chi connectivity index (χ2n) is 6.75. The lowest BCUT2D eigenvalue weighted by Crippen LogP contribution is -2.19. The van der Waals surface area contributed by atoms with Crippen molar-refractivity contribution in [3.8, 4) is 0 Å². The second kappa shape index (κ2) is 7.60. The lowest BCUT2D eigenvalue weighted by Gasteiger charge is -2.16. The fourth-order valence-corrected chi connectivity index (χ4v) is 4.28. The van der Waals surface area contributed by atoms with Crippen molar-refractivity contribution in [3.63, 3.8) is 0 Å². The van der Waals surface area contributed by atoms with Crippen LogP contribution in [0.1, 0.15) is 40.7 Å². The Morgan fingerprint density at radius 3 is 2.35 bits per heavy atom. The fraction of sp³-hybridized carbons (Fsp3) is 0.350. The van der Waals surface area contributed by atoms with Gasteiger partial charge in [0.15, 0.2) is 9.84 Å². The highest BCUT2D eigenvalue weighted by atomic mass is 32.2. The second-order valence-corrected chi connectivity index (χ2v) is 9.03. The number of likely N-dealkylation sites (tertiary alicyclic amines) is 1. The van der Waals surface area contributed by atoms with E-state index in [4.69, 9.17) is 5.73 Å². The normalized spacial score (nSPS) is 18.1. The van der Waals surface area contributed by atoms with Crippen LogP contribution in [-0.2, 0) is 16.4 Å². The van der Waals surface area contributed by atoms with Gasteiger partial charge in [0.1, 0.15) is 0 Å². The number of hydrogen-bond donors (Lipinski definition) is 1. The van der Waals surface area contributed by atoms with Gasteiger partial charge in [0.2, 0.25) is 5.91 Å². The zero-order valence-corrected chi connectivity index (χ0v) is 15.7. The predicted molar refractivity (Wildman–Crippen MR) is 102 cm³/mol. The Hall–Kier alpha value is -2.18. The third kappa shape index (κ3) is 4.14. The Morgan fingerprint density at radius 2 is 1.77 bits per heavy atom. The van der Waals surface area contributed by atoms with Gasteiger partial charge in [-0.1, -0.05) is 31.2 Å². The summed E-state index contributed by atoms with van der Waals surface area (Å²) in [6.45, 7) is 4.41. The van der Waals surface area contributed by atoms with Gasteiger partial charge in [-0.3, -0.25) is 9.69 Å². The zero-order valence-electron chi connectivity index (χ0n) is 14.9. The molecule has 3 rings (SSSR count). The van der Waals surface area contributed by atoms with Crippen molar-refractivity contribution >= 4 is 15.7 Å². The van der Waals surface area contributed by atoms with Crippen LogP contribution in [0.25, 0.3) is 0 Å². The largest absolute Gasteiger partial charge is 0.366 e. The standard InChI is InChI=1S/C20H24N2O3S/c1-2-26(24,25)19-9-3-15(4-10-19)13-22-12-11-18(14-22)16-5-7-17(8-6-16)20(21)23/h3-10,18H,2,11-14H2,1H3,(H2,21,23). The first-order chi connectivity index (χ1) is 12.4. The minimum Gasteiger partial charge on any atom is -0.366 e. The van der Waals surface area contributed by atoms with Crippen molar-refractivity contribution in [2.45, 2.75) is 30.7 Å². The SMILES string of the molecule is CCS(=O)(=O)c1ccc(CN2CCC(c3ccc(C(N)=O)cc3)C2)cc1. The number of amides is 1. The average Bonchev–Trinajstić information content (AvgIpc) is 3.11. The molecule has 0 radical (unpaired) electrons. The molecule has 1 aliphatic rings. The van der Waals surface area contributed by atoms with E-state index in [0.717, 1.165) is 31.6 Å². The molecular formula is C20H24N2O3S. The van der Waals surface area contributed by atoms with Gasteiger partial charge in [-0.15, -0.1) is 0 Å². The summed E-state index contributed by atoms with van der Waals surface area (Å²) in [5.41, 5.74) is 8.16. The molecular weight excluding hydrogens is 348 g/mol. The van der Waals surface area contributed by atoms with Crippen LogP contribution in [0.4, 0.5) is 0 Å². The Labute approximate surface area is 154 Å². The predicted octanol–water partition coefficient (Wildman–Crippen LogP) is 2.57. The molecule has 0 aromatic heterocycles. The summed E-state index contributed by atoms with van der Waals surface area (Å²) in [6, 6.07) is 14.7. The van der Waals surface area contributed by atoms with Crippen molar-refractivity contribution < 1.29 is 13.2 Å². The summed E-state index contributed by atoms with van der Waals surface area (Å²) in [5.74, 6) is 0.157. The summed E-state index contributed by atoms with van der Waals surface area (Å²) < 4.78 is 23.8. The van der Waals surface area contributed by atoms with Crippen LogP contribution in [0.5, 0.6) is 0 Å². The number of benzene rings is 2. The van der Waals surface area contributed by atoms with Crippen LogP contribution in [0.2, 0.25) is 0 Å². The van der Waals surface area contributed by atoms with Gasteiger partial charge in [0.05, 0.1) is 10.6 Å². The van der Waals surface area contributed by atoms with Crippen LogP contribution < -0.4 is 5.73 Å². The Balaban J connectivity index is 1.61. The van der Waals surface area contributed by atoms with Crippen LogP contribution in [0.3, 0.4) is 0 Å². The summed E-state index contributed by atoms with van der Waals surface area (Å²) in [5, 5.41) is 0. The maximum Gasteiger partial charge on any atom is 0.248 e. The molecule has 5 nitrogen and oxygen atoms in total. The van der Waals surface area contributed by atoms with Gasteiger partial charge >= 0.3 is 0 Å². The fourth-order valence-electron chi connectivity index (χ4n) is 3.39. The molecule has 1 atom stereocenters. The maximum absolute atomic E-state index is 11.9. The molecule has 26 heavy (non-hydrogen) atoms. The number of nitrogens with two attached hydrogens (primary N) is 1. The average molecular weight is 372 g/mol. The molecule has 2 aromatic rings. The monoisotopic (exact) mass is 372 g/mol. The number of carbonyl (C=O) groups is 1. The molecule has 0 saturated carbocycles. The van der Waals surface area contributed by atoms with E-state index >= 15 is 0 Å². The molecule has 2 aromatic carbocycles. The summed E-state index contributed by atoms with van der Waals surface area (Å²) in [4.78, 5) is 13.9. The van der Waals surface area contributed by atoms with E-state index < -0.39 is 15.7 Å². The molecule has 1 heterocycles. The van der Waals surface area contributed by atoms with Gasteiger partial charge in [-0.2, -0.15) is 0 Å². The van der Waals surface area contributed by atoms with Crippen molar-refractivity contribution in [1.82, 2.24) is 4.90 Å². The molecule has 1 unspecified atom stereocenters. The van der Waals surface area contributed by atoms with Crippen LogP contribution in [-0.4, -0.2) is 38.1 Å². The van der Waals surface area contributed by atoms with E-state index in [2.05, 4.69) is 4.90 Å². The number of carbonyl (C=O) groups excluding carboxylic acids is 1. The first-order valence-electron chi connectivity index (χ1n) is 8.83. The number of sulfone groups is 1. The molecule has 6 heteroatoms. The molecule has 0 bridgehead atoms. The lowest BCUT2D eigenvalue weighted by molar-refractivity contribution is 0.1000. The van der Waals surface area contributed by atoms with Gasteiger partial charge in [0.25, 0.3) is 0 Å². The van der Waals surface area contributed by atoms with Gasteiger partial charge in [-0.25, -0.2) is 8.42 Å². The molecule has 1 fully saturated rings. The first kappa shape index (κ1) is 18.6. The van der Waals surface area contributed by atoms with E-state index in [1.165, 1.54) is 5.56 Å². The van der Waals surface area contributed by atoms with Crippen molar-refractivity contribution in [1.29, 1.82) is 0 Å². The Morgan fingerprint density at radius 1 is 1.12 bits per heavy atom. The number of rotatable bonds is 6. The molecule has 1 aliphatic heterocycles. The van der Waals surface area contributed by atoms with Crippen molar-refractivity contribution in [3.05, 3.63) is 65.2 Å². The number of hydrogen-bond acceptors (Lipinski definition) is 4. The van der Waals surface area contributed by atoms with E-state index in [0.29, 0.717) is 16.4 Å². The van der Waals surface area contributed by atoms with Crippen molar-refractivity contribution in [2.75, 3.05) is 18.8 Å². The Bertz CT molecular complexity index is 874. The highest BCUT2D eigenvalue weighted by Gasteiger charge is 2.24. The van der Waals surface area contributed by atoms with Gasteiger partial charge < -0.3 is 5.73 Å². The van der Waals surface area contributed by atoms with Crippen LogP contribution in [0, 0.1) is 0 Å². The lowest BCUT2D eigenvalue weighted by atomic mass is 9.97. The van der Waals surface area contributed by atoms with E-state index in [9.17, 15) is 13.2 Å².